The zero-order valence-corrected chi connectivity index (χ0v) is 13.6. The van der Waals surface area contributed by atoms with Gasteiger partial charge in [0.1, 0.15) is 6.04 Å². The van der Waals surface area contributed by atoms with Gasteiger partial charge >= 0.3 is 5.97 Å². The highest BCUT2D eigenvalue weighted by Gasteiger charge is 2.38. The molecule has 0 spiro atoms. The smallest absolute Gasteiger partial charge is 0.308 e. The van der Waals surface area contributed by atoms with Gasteiger partial charge in [-0.3, -0.25) is 14.4 Å². The van der Waals surface area contributed by atoms with E-state index in [4.69, 9.17) is 0 Å². The quantitative estimate of drug-likeness (QED) is 0.913. The van der Waals surface area contributed by atoms with Gasteiger partial charge in [-0.1, -0.05) is 18.2 Å². The first kappa shape index (κ1) is 16.5. The standard InChI is InChI=1S/C18H22N2O4/c21-16(13-6-2-1-3-7-13)20-11-5-9-15(20)17(22)19-10-4-8-14(12-19)18(23)24/h1-3,6-7,14-15H,4-5,8-12H2,(H,23,24). The van der Waals surface area contributed by atoms with Gasteiger partial charge in [0, 0.05) is 25.2 Å². The zero-order chi connectivity index (χ0) is 17.1. The highest BCUT2D eigenvalue weighted by atomic mass is 16.4. The fourth-order valence-corrected chi connectivity index (χ4v) is 3.60. The van der Waals surface area contributed by atoms with Crippen LogP contribution in [-0.2, 0) is 9.59 Å². The summed E-state index contributed by atoms with van der Waals surface area (Å²) < 4.78 is 0. The molecule has 0 aromatic heterocycles. The Bertz CT molecular complexity index is 631. The van der Waals surface area contributed by atoms with E-state index >= 15 is 0 Å². The topological polar surface area (TPSA) is 77.9 Å². The number of benzene rings is 1. The zero-order valence-electron chi connectivity index (χ0n) is 13.6. The van der Waals surface area contributed by atoms with Crippen LogP contribution >= 0.6 is 0 Å². The summed E-state index contributed by atoms with van der Waals surface area (Å²) >= 11 is 0. The number of aliphatic carboxylic acids is 1. The van der Waals surface area contributed by atoms with E-state index in [0.717, 1.165) is 6.42 Å². The third-order valence-electron chi connectivity index (χ3n) is 4.90. The average Bonchev–Trinajstić information content (AvgIpc) is 3.11. The molecule has 128 valence electrons. The number of likely N-dealkylation sites (tertiary alicyclic amines) is 2. The van der Waals surface area contributed by atoms with Crippen molar-refractivity contribution in [2.45, 2.75) is 31.7 Å². The Hall–Kier alpha value is -2.37. The molecule has 2 atom stereocenters. The summed E-state index contributed by atoms with van der Waals surface area (Å²) in [6.45, 7) is 1.39. The van der Waals surface area contributed by atoms with Gasteiger partial charge < -0.3 is 14.9 Å². The van der Waals surface area contributed by atoms with E-state index in [1.807, 2.05) is 18.2 Å². The molecule has 2 aliphatic rings. The Balaban J connectivity index is 1.72. The van der Waals surface area contributed by atoms with Crippen molar-refractivity contribution in [1.29, 1.82) is 0 Å². The molecule has 2 aliphatic heterocycles. The number of carboxylic acids is 1. The number of amides is 2. The second kappa shape index (κ2) is 7.03. The minimum Gasteiger partial charge on any atom is -0.481 e. The van der Waals surface area contributed by atoms with Crippen molar-refractivity contribution in [3.63, 3.8) is 0 Å². The highest BCUT2D eigenvalue weighted by molar-refractivity contribution is 5.98. The number of carbonyl (C=O) groups is 3. The number of carbonyl (C=O) groups excluding carboxylic acids is 2. The fourth-order valence-electron chi connectivity index (χ4n) is 3.60. The van der Waals surface area contributed by atoms with Crippen molar-refractivity contribution in [3.8, 4) is 0 Å². The van der Waals surface area contributed by atoms with E-state index in [0.29, 0.717) is 37.9 Å². The molecule has 1 N–H and O–H groups in total. The number of nitrogens with zero attached hydrogens (tertiary/aromatic N) is 2. The second-order valence-corrected chi connectivity index (χ2v) is 6.48. The van der Waals surface area contributed by atoms with Gasteiger partial charge in [-0.05, 0) is 37.8 Å². The number of carboxylic acid groups (broad SMARTS) is 1. The Labute approximate surface area is 141 Å². The summed E-state index contributed by atoms with van der Waals surface area (Å²) in [6.07, 6.45) is 2.75. The van der Waals surface area contributed by atoms with Gasteiger partial charge in [-0.2, -0.15) is 0 Å². The van der Waals surface area contributed by atoms with Gasteiger partial charge in [-0.15, -0.1) is 0 Å². The van der Waals surface area contributed by atoms with Crippen LogP contribution in [0, 0.1) is 5.92 Å². The first-order valence-electron chi connectivity index (χ1n) is 8.45. The first-order chi connectivity index (χ1) is 11.6. The van der Waals surface area contributed by atoms with E-state index in [2.05, 4.69) is 0 Å². The molecule has 0 radical (unpaired) electrons. The molecule has 24 heavy (non-hydrogen) atoms. The molecule has 3 rings (SSSR count). The number of hydrogen-bond acceptors (Lipinski definition) is 3. The van der Waals surface area contributed by atoms with Crippen LogP contribution in [0.3, 0.4) is 0 Å². The van der Waals surface area contributed by atoms with Crippen molar-refractivity contribution in [3.05, 3.63) is 35.9 Å². The van der Waals surface area contributed by atoms with Gasteiger partial charge in [0.25, 0.3) is 5.91 Å². The molecule has 2 unspecified atom stereocenters. The van der Waals surface area contributed by atoms with E-state index in [9.17, 15) is 19.5 Å². The Morgan fingerprint density at radius 1 is 1.00 bits per heavy atom. The van der Waals surface area contributed by atoms with Crippen LogP contribution in [0.25, 0.3) is 0 Å². The summed E-state index contributed by atoms with van der Waals surface area (Å²) in [5.74, 6) is -1.58. The lowest BCUT2D eigenvalue weighted by molar-refractivity contribution is -0.146. The molecule has 2 amide bonds. The van der Waals surface area contributed by atoms with E-state index in [-0.39, 0.29) is 18.4 Å². The van der Waals surface area contributed by atoms with Crippen molar-refractivity contribution < 1.29 is 19.5 Å². The molecule has 6 nitrogen and oxygen atoms in total. The molecule has 2 saturated heterocycles. The lowest BCUT2D eigenvalue weighted by Crippen LogP contribution is -2.51. The monoisotopic (exact) mass is 330 g/mol. The normalized spacial score (nSPS) is 24.0. The van der Waals surface area contributed by atoms with Crippen LogP contribution in [0.1, 0.15) is 36.0 Å². The van der Waals surface area contributed by atoms with Gasteiger partial charge in [0.05, 0.1) is 5.92 Å². The number of rotatable bonds is 3. The predicted molar refractivity (Wildman–Crippen MR) is 87.4 cm³/mol. The van der Waals surface area contributed by atoms with Crippen LogP contribution in [0.15, 0.2) is 30.3 Å². The predicted octanol–water partition coefficient (Wildman–Crippen LogP) is 1.61. The molecule has 0 saturated carbocycles. The highest BCUT2D eigenvalue weighted by Crippen LogP contribution is 2.25. The Morgan fingerprint density at radius 2 is 1.71 bits per heavy atom. The van der Waals surface area contributed by atoms with Crippen LogP contribution in [-0.4, -0.2) is 58.4 Å². The molecule has 0 aliphatic carbocycles. The van der Waals surface area contributed by atoms with Crippen LogP contribution in [0.2, 0.25) is 0 Å². The largest absolute Gasteiger partial charge is 0.481 e. The van der Waals surface area contributed by atoms with Crippen molar-refractivity contribution in [2.24, 2.45) is 5.92 Å². The van der Waals surface area contributed by atoms with E-state index in [1.54, 1.807) is 21.9 Å². The molecule has 1 aromatic rings. The summed E-state index contributed by atoms with van der Waals surface area (Å²) in [5.41, 5.74) is 0.583. The maximum absolute atomic E-state index is 12.9. The van der Waals surface area contributed by atoms with Crippen LogP contribution < -0.4 is 0 Å². The first-order valence-corrected chi connectivity index (χ1v) is 8.45. The molecule has 6 heteroatoms. The molecular weight excluding hydrogens is 308 g/mol. The number of piperidine rings is 1. The molecule has 1 aromatic carbocycles. The fraction of sp³-hybridized carbons (Fsp3) is 0.500. The summed E-state index contributed by atoms with van der Waals surface area (Å²) in [4.78, 5) is 40.0. The van der Waals surface area contributed by atoms with Crippen LogP contribution in [0.5, 0.6) is 0 Å². The molecule has 0 bridgehead atoms. The molecule has 2 fully saturated rings. The van der Waals surface area contributed by atoms with Gasteiger partial charge in [0.2, 0.25) is 5.91 Å². The minimum absolute atomic E-state index is 0.109. The summed E-state index contributed by atoms with van der Waals surface area (Å²) in [7, 11) is 0. The SMILES string of the molecule is O=C(O)C1CCCN(C(=O)C2CCCN2C(=O)c2ccccc2)C1. The maximum Gasteiger partial charge on any atom is 0.308 e. The van der Waals surface area contributed by atoms with Gasteiger partial charge in [-0.25, -0.2) is 0 Å². The van der Waals surface area contributed by atoms with Gasteiger partial charge in [0.15, 0.2) is 0 Å². The Kier molecular flexibility index (Phi) is 4.83. The van der Waals surface area contributed by atoms with Crippen LogP contribution in [0.4, 0.5) is 0 Å². The summed E-state index contributed by atoms with van der Waals surface area (Å²) in [5, 5.41) is 9.19. The van der Waals surface area contributed by atoms with Crippen molar-refractivity contribution >= 4 is 17.8 Å². The van der Waals surface area contributed by atoms with Crippen molar-refractivity contribution in [1.82, 2.24) is 9.80 Å². The van der Waals surface area contributed by atoms with E-state index in [1.165, 1.54) is 0 Å². The lowest BCUT2D eigenvalue weighted by atomic mass is 9.97. The lowest BCUT2D eigenvalue weighted by Gasteiger charge is -2.34. The third kappa shape index (κ3) is 3.27. The molecular formula is C18H22N2O4. The third-order valence-corrected chi connectivity index (χ3v) is 4.90. The van der Waals surface area contributed by atoms with Crippen molar-refractivity contribution in [2.75, 3.05) is 19.6 Å². The molecule has 2 heterocycles. The number of hydrogen-bond donors (Lipinski definition) is 1. The summed E-state index contributed by atoms with van der Waals surface area (Å²) in [6, 6.07) is 8.51. The second-order valence-electron chi connectivity index (χ2n) is 6.48. The van der Waals surface area contributed by atoms with E-state index < -0.39 is 17.9 Å². The Morgan fingerprint density at radius 3 is 2.42 bits per heavy atom. The maximum atomic E-state index is 12.9. The average molecular weight is 330 g/mol. The minimum atomic E-state index is -0.851.